The van der Waals surface area contributed by atoms with Crippen molar-refractivity contribution < 1.29 is 4.57 Å². The molecule has 0 aliphatic heterocycles. The third-order valence-corrected chi connectivity index (χ3v) is 7.33. The SMILES string of the molecule is C[C@@](C#N)(NP(=O)(c1ccccc1)c1ccccc1)c1ccc(Cl)cc1. The number of nitriles is 1. The molecule has 0 unspecified atom stereocenters. The number of hydrogen-bond donors (Lipinski definition) is 1. The van der Waals surface area contributed by atoms with Crippen LogP contribution in [0.25, 0.3) is 0 Å². The van der Waals surface area contributed by atoms with Crippen LogP contribution in [0.4, 0.5) is 0 Å². The van der Waals surface area contributed by atoms with Crippen molar-refractivity contribution in [2.75, 3.05) is 0 Å². The molecule has 0 spiro atoms. The highest BCUT2D eigenvalue weighted by atomic mass is 35.5. The van der Waals surface area contributed by atoms with Gasteiger partial charge in [-0.1, -0.05) is 60.1 Å². The van der Waals surface area contributed by atoms with Gasteiger partial charge >= 0.3 is 0 Å². The van der Waals surface area contributed by atoms with Gasteiger partial charge in [-0.15, -0.1) is 0 Å². The van der Waals surface area contributed by atoms with Crippen LogP contribution in [0.3, 0.4) is 0 Å². The van der Waals surface area contributed by atoms with Crippen LogP contribution in [0.5, 0.6) is 0 Å². The molecule has 3 nitrogen and oxygen atoms in total. The van der Waals surface area contributed by atoms with Crippen LogP contribution in [0.1, 0.15) is 12.5 Å². The van der Waals surface area contributed by atoms with E-state index in [9.17, 15) is 9.83 Å². The summed E-state index contributed by atoms with van der Waals surface area (Å²) in [6.45, 7) is 1.73. The highest BCUT2D eigenvalue weighted by Crippen LogP contribution is 2.43. The first-order chi connectivity index (χ1) is 12.5. The molecule has 0 fully saturated rings. The Morgan fingerprint density at radius 1 is 0.885 bits per heavy atom. The van der Waals surface area contributed by atoms with Gasteiger partial charge in [0.15, 0.2) is 0 Å². The summed E-state index contributed by atoms with van der Waals surface area (Å²) in [4.78, 5) is 0. The molecule has 1 N–H and O–H groups in total. The van der Waals surface area contributed by atoms with Crippen LogP contribution in [0, 0.1) is 11.3 Å². The summed E-state index contributed by atoms with van der Waals surface area (Å²) in [5.74, 6) is 0. The first kappa shape index (κ1) is 18.4. The second-order valence-electron chi connectivity index (χ2n) is 6.14. The number of nitrogens with one attached hydrogen (secondary N) is 1. The molecular formula is C21H18ClN2OP. The van der Waals surface area contributed by atoms with Gasteiger partial charge in [-0.25, -0.2) is 5.09 Å². The van der Waals surface area contributed by atoms with Crippen LogP contribution < -0.4 is 15.7 Å². The number of nitrogens with zero attached hydrogens (tertiary/aromatic N) is 1. The maximum absolute atomic E-state index is 14.1. The van der Waals surface area contributed by atoms with E-state index in [1.54, 1.807) is 31.2 Å². The van der Waals surface area contributed by atoms with Crippen molar-refractivity contribution in [3.63, 3.8) is 0 Å². The fourth-order valence-corrected chi connectivity index (χ4v) is 5.48. The van der Waals surface area contributed by atoms with Crippen LogP contribution >= 0.6 is 18.9 Å². The Morgan fingerprint density at radius 3 is 1.77 bits per heavy atom. The molecule has 0 saturated heterocycles. The fourth-order valence-electron chi connectivity index (χ4n) is 2.81. The zero-order chi connectivity index (χ0) is 18.6. The fraction of sp³-hybridized carbons (Fsp3) is 0.0952. The molecule has 0 bridgehead atoms. The van der Waals surface area contributed by atoms with Crippen molar-refractivity contribution in [3.05, 3.63) is 95.5 Å². The topological polar surface area (TPSA) is 52.9 Å². The Labute approximate surface area is 158 Å². The summed E-state index contributed by atoms with van der Waals surface area (Å²) >= 11 is 5.97. The lowest BCUT2D eigenvalue weighted by atomic mass is 9.95. The van der Waals surface area contributed by atoms with Crippen molar-refractivity contribution in [2.24, 2.45) is 0 Å². The number of benzene rings is 3. The summed E-state index contributed by atoms with van der Waals surface area (Å²) in [5.41, 5.74) is -0.442. The van der Waals surface area contributed by atoms with Crippen molar-refractivity contribution in [1.29, 1.82) is 5.26 Å². The molecule has 0 radical (unpaired) electrons. The normalized spacial score (nSPS) is 13.6. The van der Waals surface area contributed by atoms with E-state index < -0.39 is 12.8 Å². The minimum Gasteiger partial charge on any atom is -0.296 e. The summed E-state index contributed by atoms with van der Waals surface area (Å²) in [6.07, 6.45) is 0. The molecule has 130 valence electrons. The Kier molecular flexibility index (Phi) is 5.30. The van der Waals surface area contributed by atoms with Gasteiger partial charge in [0.25, 0.3) is 0 Å². The van der Waals surface area contributed by atoms with E-state index in [0.717, 1.165) is 0 Å². The lowest BCUT2D eigenvalue weighted by Crippen LogP contribution is -2.41. The third kappa shape index (κ3) is 3.59. The maximum atomic E-state index is 14.1. The lowest BCUT2D eigenvalue weighted by molar-refractivity contribution is 0.532. The molecular weight excluding hydrogens is 363 g/mol. The van der Waals surface area contributed by atoms with Crippen LogP contribution in [-0.4, -0.2) is 0 Å². The largest absolute Gasteiger partial charge is 0.296 e. The molecule has 3 aromatic rings. The Morgan fingerprint density at radius 2 is 1.35 bits per heavy atom. The predicted molar refractivity (Wildman–Crippen MR) is 107 cm³/mol. The number of halogens is 1. The second kappa shape index (κ2) is 7.48. The molecule has 0 aromatic heterocycles. The van der Waals surface area contributed by atoms with Gasteiger partial charge in [0.05, 0.1) is 6.07 Å². The van der Waals surface area contributed by atoms with Crippen molar-refractivity contribution in [2.45, 2.75) is 12.5 Å². The van der Waals surface area contributed by atoms with Gasteiger partial charge in [0, 0.05) is 15.6 Å². The number of rotatable bonds is 5. The minimum atomic E-state index is -3.24. The molecule has 5 heteroatoms. The quantitative estimate of drug-likeness (QED) is 0.658. The van der Waals surface area contributed by atoms with Gasteiger partial charge in [-0.3, -0.25) is 4.57 Å². The molecule has 0 amide bonds. The lowest BCUT2D eigenvalue weighted by Gasteiger charge is -2.30. The summed E-state index contributed by atoms with van der Waals surface area (Å²) < 4.78 is 14.1. The molecule has 0 aliphatic rings. The first-order valence-corrected chi connectivity index (χ1v) is 10.2. The average Bonchev–Trinajstić information content (AvgIpc) is 2.69. The molecule has 26 heavy (non-hydrogen) atoms. The highest BCUT2D eigenvalue weighted by molar-refractivity contribution is 7.77. The smallest absolute Gasteiger partial charge is 0.206 e. The van der Waals surface area contributed by atoms with E-state index >= 15 is 0 Å². The maximum Gasteiger partial charge on any atom is 0.206 e. The van der Waals surface area contributed by atoms with Gasteiger partial charge < -0.3 is 0 Å². The molecule has 1 atom stereocenters. The van der Waals surface area contributed by atoms with Gasteiger partial charge in [0.1, 0.15) is 5.54 Å². The van der Waals surface area contributed by atoms with Crippen LogP contribution in [0.15, 0.2) is 84.9 Å². The van der Waals surface area contributed by atoms with Gasteiger partial charge in [-0.2, -0.15) is 5.26 Å². The van der Waals surface area contributed by atoms with E-state index in [1.807, 2.05) is 60.7 Å². The zero-order valence-corrected chi connectivity index (χ0v) is 15.9. The van der Waals surface area contributed by atoms with Crippen LogP contribution in [-0.2, 0) is 10.1 Å². The Bertz CT molecular complexity index is 925. The van der Waals surface area contributed by atoms with Crippen molar-refractivity contribution in [3.8, 4) is 6.07 Å². The van der Waals surface area contributed by atoms with E-state index in [4.69, 9.17) is 11.6 Å². The minimum absolute atomic E-state index is 0.586. The van der Waals surface area contributed by atoms with Crippen molar-refractivity contribution >= 4 is 29.5 Å². The van der Waals surface area contributed by atoms with E-state index in [2.05, 4.69) is 11.2 Å². The second-order valence-corrected chi connectivity index (χ2v) is 9.05. The summed E-state index contributed by atoms with van der Waals surface area (Å²) in [6, 6.07) is 27.7. The molecule has 0 aliphatic carbocycles. The van der Waals surface area contributed by atoms with E-state index in [1.165, 1.54) is 0 Å². The molecule has 0 heterocycles. The molecule has 3 rings (SSSR count). The number of hydrogen-bond acceptors (Lipinski definition) is 2. The highest BCUT2D eigenvalue weighted by Gasteiger charge is 2.37. The monoisotopic (exact) mass is 380 g/mol. The van der Waals surface area contributed by atoms with E-state index in [0.29, 0.717) is 21.2 Å². The predicted octanol–water partition coefficient (Wildman–Crippen LogP) is 4.60. The van der Waals surface area contributed by atoms with Gasteiger partial charge in [0.2, 0.25) is 7.29 Å². The van der Waals surface area contributed by atoms with Crippen molar-refractivity contribution in [1.82, 2.24) is 5.09 Å². The van der Waals surface area contributed by atoms with E-state index in [-0.39, 0.29) is 0 Å². The molecule has 0 saturated carbocycles. The van der Waals surface area contributed by atoms with Gasteiger partial charge in [-0.05, 0) is 48.9 Å². The third-order valence-electron chi connectivity index (χ3n) is 4.27. The first-order valence-electron chi connectivity index (χ1n) is 8.16. The Hall–Kier alpha value is -2.37. The summed E-state index contributed by atoms with van der Waals surface area (Å²) in [7, 11) is -3.24. The standard InChI is InChI=1S/C21H18ClN2OP/c1-21(16-23,17-12-14-18(22)15-13-17)24-26(25,19-8-4-2-5-9-19)20-10-6-3-7-11-20/h2-15H,1H3,(H,24,25)/t21-/m0/s1. The summed E-state index contributed by atoms with van der Waals surface area (Å²) in [5, 5.41) is 15.0. The van der Waals surface area contributed by atoms with Crippen LogP contribution in [0.2, 0.25) is 5.02 Å². The molecule has 3 aromatic carbocycles. The average molecular weight is 381 g/mol. The zero-order valence-electron chi connectivity index (χ0n) is 14.3. The Balaban J connectivity index is 2.13.